The molecule has 0 aromatic carbocycles. The molecule has 0 aliphatic carbocycles. The molecular weight excluding hydrogens is 420 g/mol. The number of carbonyl (C=O) groups is 4. The van der Waals surface area contributed by atoms with E-state index < -0.39 is 17.9 Å². The first-order valence-corrected chi connectivity index (χ1v) is 10.8. The van der Waals surface area contributed by atoms with Crippen molar-refractivity contribution in [1.29, 1.82) is 0 Å². The van der Waals surface area contributed by atoms with Crippen LogP contribution in [-0.2, 0) is 42.9 Å². The van der Waals surface area contributed by atoms with Crippen LogP contribution in [0.15, 0.2) is 11.3 Å². The summed E-state index contributed by atoms with van der Waals surface area (Å²) in [6.07, 6.45) is -0.103. The summed E-state index contributed by atoms with van der Waals surface area (Å²) in [7, 11) is 0. The van der Waals surface area contributed by atoms with Crippen molar-refractivity contribution in [3.8, 4) is 0 Å². The smallest absolute Gasteiger partial charge is 0.349 e. The number of Topliss-reactive ketones (excluding diaryl/α,β-unsaturated/α-hetero) is 1. The fourth-order valence-corrected chi connectivity index (χ4v) is 1.91. The van der Waals surface area contributed by atoms with E-state index >= 15 is 0 Å². The van der Waals surface area contributed by atoms with Crippen molar-refractivity contribution >= 4 is 23.7 Å². The Balaban J connectivity index is -0.000000442. The molecule has 0 spiro atoms. The van der Waals surface area contributed by atoms with E-state index in [1.165, 1.54) is 13.8 Å². The standard InChI is InChI=1S/C11H18O5.C6H10O3.C6H14O/c1-5-14-8(4)9(10(12)15-6-2)11(13)16-7-3;1-3-9-6(8)4-5(2)7;1-5-7-6(2,3)4/h5-7H2,1-4H3;3-4H2,1-2H3;5H2,1-4H3. The highest BCUT2D eigenvalue weighted by molar-refractivity contribution is 6.14. The summed E-state index contributed by atoms with van der Waals surface area (Å²) in [4.78, 5) is 43.7. The number of carbonyl (C=O) groups excluding carboxylic acids is 4. The van der Waals surface area contributed by atoms with Gasteiger partial charge in [0.05, 0.1) is 32.0 Å². The molecule has 0 saturated heterocycles. The third kappa shape index (κ3) is 22.3. The van der Waals surface area contributed by atoms with Gasteiger partial charge in [0.2, 0.25) is 0 Å². The van der Waals surface area contributed by atoms with Gasteiger partial charge in [0, 0.05) is 6.61 Å². The highest BCUT2D eigenvalue weighted by Gasteiger charge is 2.25. The summed E-state index contributed by atoms with van der Waals surface area (Å²) in [5.41, 5.74) is -0.125. The molecule has 0 bridgehead atoms. The largest absolute Gasteiger partial charge is 0.497 e. The number of ether oxygens (including phenoxy) is 5. The number of hydrogen-bond acceptors (Lipinski definition) is 9. The Labute approximate surface area is 192 Å². The maximum atomic E-state index is 11.5. The van der Waals surface area contributed by atoms with Crippen molar-refractivity contribution in [3.63, 3.8) is 0 Å². The molecule has 0 fully saturated rings. The molecule has 188 valence electrons. The topological polar surface area (TPSA) is 114 Å². The maximum Gasteiger partial charge on any atom is 0.349 e. The van der Waals surface area contributed by atoms with Crippen LogP contribution >= 0.6 is 0 Å². The maximum absolute atomic E-state index is 11.5. The second-order valence-corrected chi connectivity index (χ2v) is 7.03. The van der Waals surface area contributed by atoms with Crippen LogP contribution in [0.4, 0.5) is 0 Å². The Kier molecular flexibility index (Phi) is 21.9. The SMILES string of the molecule is CCOC(=O)C(C(=O)OCC)=C(C)OCC.CCOC(=O)CC(C)=O.CCOC(C)(C)C. The van der Waals surface area contributed by atoms with Crippen LogP contribution in [0.25, 0.3) is 0 Å². The molecular formula is C23H42O9. The van der Waals surface area contributed by atoms with Crippen LogP contribution < -0.4 is 0 Å². The van der Waals surface area contributed by atoms with Gasteiger partial charge in [-0.2, -0.15) is 0 Å². The average molecular weight is 463 g/mol. The first-order valence-electron chi connectivity index (χ1n) is 10.8. The molecule has 0 unspecified atom stereocenters. The third-order valence-corrected chi connectivity index (χ3v) is 2.95. The molecule has 0 heterocycles. The summed E-state index contributed by atoms with van der Waals surface area (Å²) in [6, 6.07) is 0. The Morgan fingerprint density at radius 3 is 1.28 bits per heavy atom. The Morgan fingerprint density at radius 1 is 0.625 bits per heavy atom. The van der Waals surface area contributed by atoms with E-state index in [0.29, 0.717) is 13.2 Å². The van der Waals surface area contributed by atoms with Crippen LogP contribution in [0, 0.1) is 0 Å². The second kappa shape index (κ2) is 20.5. The summed E-state index contributed by atoms with van der Waals surface area (Å²) >= 11 is 0. The zero-order valence-corrected chi connectivity index (χ0v) is 21.4. The molecule has 0 atom stereocenters. The minimum absolute atomic E-state index is 0.0503. The zero-order valence-electron chi connectivity index (χ0n) is 21.4. The van der Waals surface area contributed by atoms with Gasteiger partial charge < -0.3 is 23.7 Å². The fraction of sp³-hybridized carbons (Fsp3) is 0.739. The van der Waals surface area contributed by atoms with Gasteiger partial charge in [-0.05, 0) is 69.2 Å². The van der Waals surface area contributed by atoms with Gasteiger partial charge in [-0.15, -0.1) is 0 Å². The molecule has 0 aliphatic rings. The molecule has 0 N–H and O–H groups in total. The minimum Gasteiger partial charge on any atom is -0.497 e. The molecule has 0 aromatic heterocycles. The van der Waals surface area contributed by atoms with Crippen molar-refractivity contribution in [3.05, 3.63) is 11.3 Å². The number of hydrogen-bond donors (Lipinski definition) is 0. The van der Waals surface area contributed by atoms with E-state index in [1.54, 1.807) is 27.7 Å². The fourth-order valence-electron chi connectivity index (χ4n) is 1.91. The third-order valence-electron chi connectivity index (χ3n) is 2.95. The highest BCUT2D eigenvalue weighted by Crippen LogP contribution is 2.10. The van der Waals surface area contributed by atoms with Crippen LogP contribution in [0.5, 0.6) is 0 Å². The molecule has 0 aliphatic heterocycles. The lowest BCUT2D eigenvalue weighted by molar-refractivity contribution is -0.148. The predicted molar refractivity (Wildman–Crippen MR) is 121 cm³/mol. The monoisotopic (exact) mass is 462 g/mol. The zero-order chi connectivity index (χ0) is 25.7. The van der Waals surface area contributed by atoms with Crippen molar-refractivity contribution in [2.75, 3.05) is 33.0 Å². The minimum atomic E-state index is -0.716. The van der Waals surface area contributed by atoms with Crippen LogP contribution in [0.1, 0.15) is 75.7 Å². The molecule has 9 nitrogen and oxygen atoms in total. The molecule has 0 rings (SSSR count). The highest BCUT2D eigenvalue weighted by atomic mass is 16.6. The summed E-state index contributed by atoms with van der Waals surface area (Å²) in [6.45, 7) is 19.8. The number of allylic oxidation sites excluding steroid dienone is 1. The first kappa shape index (κ1) is 34.2. The van der Waals surface area contributed by atoms with Crippen molar-refractivity contribution in [2.45, 2.75) is 81.3 Å². The molecule has 32 heavy (non-hydrogen) atoms. The predicted octanol–water partition coefficient (Wildman–Crippen LogP) is 3.77. The van der Waals surface area contributed by atoms with Gasteiger partial charge in [-0.25, -0.2) is 9.59 Å². The Morgan fingerprint density at radius 2 is 1.03 bits per heavy atom. The van der Waals surface area contributed by atoms with Crippen LogP contribution in [0.3, 0.4) is 0 Å². The van der Waals surface area contributed by atoms with Gasteiger partial charge in [-0.1, -0.05) is 0 Å². The van der Waals surface area contributed by atoms with Crippen molar-refractivity contribution in [1.82, 2.24) is 0 Å². The van der Waals surface area contributed by atoms with Crippen molar-refractivity contribution < 1.29 is 42.9 Å². The molecule has 9 heteroatoms. The molecule has 0 aromatic rings. The lowest BCUT2D eigenvalue weighted by atomic mass is 10.2. The number of rotatable bonds is 10. The van der Waals surface area contributed by atoms with E-state index in [1.807, 2.05) is 6.92 Å². The molecule has 0 amide bonds. The second-order valence-electron chi connectivity index (χ2n) is 7.03. The first-order chi connectivity index (χ1) is 14.8. The lowest BCUT2D eigenvalue weighted by Gasteiger charge is -2.17. The number of esters is 3. The average Bonchev–Trinajstić information content (AvgIpc) is 2.62. The van der Waals surface area contributed by atoms with Gasteiger partial charge in [0.1, 0.15) is 18.0 Å². The van der Waals surface area contributed by atoms with E-state index in [2.05, 4.69) is 25.5 Å². The summed E-state index contributed by atoms with van der Waals surface area (Å²) in [5, 5.41) is 0. The lowest BCUT2D eigenvalue weighted by Crippen LogP contribution is -2.20. The van der Waals surface area contributed by atoms with E-state index in [-0.39, 0.29) is 42.4 Å². The van der Waals surface area contributed by atoms with Crippen LogP contribution in [0.2, 0.25) is 0 Å². The van der Waals surface area contributed by atoms with E-state index in [4.69, 9.17) is 18.9 Å². The van der Waals surface area contributed by atoms with Crippen LogP contribution in [-0.4, -0.2) is 62.3 Å². The van der Waals surface area contributed by atoms with Gasteiger partial charge in [0.25, 0.3) is 0 Å². The van der Waals surface area contributed by atoms with Gasteiger partial charge >= 0.3 is 17.9 Å². The molecule has 0 radical (unpaired) electrons. The van der Waals surface area contributed by atoms with E-state index in [9.17, 15) is 19.2 Å². The van der Waals surface area contributed by atoms with Gasteiger partial charge in [0.15, 0.2) is 5.57 Å². The number of ketones is 1. The van der Waals surface area contributed by atoms with E-state index in [0.717, 1.165) is 6.61 Å². The summed E-state index contributed by atoms with van der Waals surface area (Å²) in [5.74, 6) is -1.81. The Bertz CT molecular complexity index is 567. The normalized spacial score (nSPS) is 9.69. The van der Waals surface area contributed by atoms with Gasteiger partial charge in [-0.3, -0.25) is 9.59 Å². The van der Waals surface area contributed by atoms with Crippen molar-refractivity contribution in [2.24, 2.45) is 0 Å². The summed E-state index contributed by atoms with van der Waals surface area (Å²) < 4.78 is 24.4. The Hall–Kier alpha value is -2.42. The molecule has 0 saturated carbocycles. The quantitative estimate of drug-likeness (QED) is 0.119.